The Bertz CT molecular complexity index is 557. The van der Waals surface area contributed by atoms with Gasteiger partial charge in [0, 0.05) is 32.7 Å². The number of aryl methyl sites for hydroxylation is 1. The Hall–Kier alpha value is -1.59. The lowest BCUT2D eigenvalue weighted by molar-refractivity contribution is 0.0124. The molecule has 1 fully saturated rings. The van der Waals surface area contributed by atoms with Gasteiger partial charge in [0.05, 0.1) is 6.10 Å². The molecular formula is C20H32N2O3. The van der Waals surface area contributed by atoms with Crippen LogP contribution in [0.2, 0.25) is 0 Å². The van der Waals surface area contributed by atoms with Gasteiger partial charge < -0.3 is 19.6 Å². The van der Waals surface area contributed by atoms with E-state index in [4.69, 9.17) is 4.74 Å². The van der Waals surface area contributed by atoms with Gasteiger partial charge >= 0.3 is 6.09 Å². The van der Waals surface area contributed by atoms with E-state index in [9.17, 15) is 9.90 Å². The summed E-state index contributed by atoms with van der Waals surface area (Å²) in [6.45, 7) is 10.1. The van der Waals surface area contributed by atoms with Crippen molar-refractivity contribution in [2.24, 2.45) is 0 Å². The Labute approximate surface area is 151 Å². The molecule has 1 saturated heterocycles. The summed E-state index contributed by atoms with van der Waals surface area (Å²) in [5.41, 5.74) is 1.69. The highest BCUT2D eigenvalue weighted by molar-refractivity contribution is 5.68. The number of rotatable bonds is 4. The minimum absolute atomic E-state index is 0.197. The molecule has 5 nitrogen and oxygen atoms in total. The molecule has 1 unspecified atom stereocenters. The second-order valence-electron chi connectivity index (χ2n) is 8.05. The number of β-amino-alcohol motifs (C(OH)–C–C–N with tert-alkyl or cyclic N) is 1. The number of ether oxygens (including phenoxy) is 1. The third-order valence-corrected chi connectivity index (χ3v) is 4.68. The predicted molar refractivity (Wildman–Crippen MR) is 99.6 cm³/mol. The zero-order valence-corrected chi connectivity index (χ0v) is 16.2. The van der Waals surface area contributed by atoms with E-state index < -0.39 is 11.7 Å². The number of piperidine rings is 1. The topological polar surface area (TPSA) is 53.0 Å². The zero-order valence-electron chi connectivity index (χ0n) is 16.2. The van der Waals surface area contributed by atoms with Crippen LogP contribution in [0.25, 0.3) is 0 Å². The minimum atomic E-state index is -0.472. The van der Waals surface area contributed by atoms with E-state index in [1.54, 1.807) is 4.90 Å². The number of carbonyl (C=O) groups is 1. The molecule has 0 aromatic heterocycles. The Kier molecular flexibility index (Phi) is 6.47. The van der Waals surface area contributed by atoms with Crippen LogP contribution in [0.3, 0.4) is 0 Å². The first-order valence-electron chi connectivity index (χ1n) is 9.08. The average Bonchev–Trinajstić information content (AvgIpc) is 2.54. The van der Waals surface area contributed by atoms with Crippen LogP contribution in [0.5, 0.6) is 0 Å². The number of nitrogens with zero attached hydrogens (tertiary/aromatic N) is 2. The standard InChI is InChI=1S/C20H32N2O3/c1-15-6-8-16(9-7-15)18(23)14-22-12-10-17(11-13-22)21(5)19(24)25-20(2,3)4/h6-9,17-18,23H,10-14H2,1-5H3. The molecule has 1 aliphatic rings. The molecule has 1 heterocycles. The number of hydrogen-bond donors (Lipinski definition) is 1. The summed E-state index contributed by atoms with van der Waals surface area (Å²) < 4.78 is 5.44. The summed E-state index contributed by atoms with van der Waals surface area (Å²) in [5.74, 6) is 0. The highest BCUT2D eigenvalue weighted by Crippen LogP contribution is 2.21. The maximum Gasteiger partial charge on any atom is 0.410 e. The van der Waals surface area contributed by atoms with Crippen LogP contribution in [0.1, 0.15) is 50.8 Å². The maximum atomic E-state index is 12.2. The molecular weight excluding hydrogens is 316 g/mol. The quantitative estimate of drug-likeness (QED) is 0.906. The second-order valence-corrected chi connectivity index (χ2v) is 8.05. The van der Waals surface area contributed by atoms with Gasteiger partial charge in [0.15, 0.2) is 0 Å². The molecule has 1 amide bonds. The largest absolute Gasteiger partial charge is 0.444 e. The van der Waals surface area contributed by atoms with Gasteiger partial charge in [-0.3, -0.25) is 0 Å². The van der Waals surface area contributed by atoms with Gasteiger partial charge in [-0.15, -0.1) is 0 Å². The minimum Gasteiger partial charge on any atom is -0.444 e. The molecule has 0 spiro atoms. The molecule has 5 heteroatoms. The summed E-state index contributed by atoms with van der Waals surface area (Å²) in [5, 5.41) is 10.4. The molecule has 2 rings (SSSR count). The summed E-state index contributed by atoms with van der Waals surface area (Å²) in [6, 6.07) is 8.23. The van der Waals surface area contributed by atoms with Gasteiger partial charge in [-0.05, 0) is 46.1 Å². The molecule has 1 atom stereocenters. The predicted octanol–water partition coefficient (Wildman–Crippen LogP) is 3.36. The second kappa shape index (κ2) is 8.19. The molecule has 25 heavy (non-hydrogen) atoms. The molecule has 0 aliphatic carbocycles. The summed E-state index contributed by atoms with van der Waals surface area (Å²) in [7, 11) is 1.82. The van der Waals surface area contributed by atoms with E-state index in [-0.39, 0.29) is 12.1 Å². The van der Waals surface area contributed by atoms with Crippen molar-refractivity contribution in [2.75, 3.05) is 26.7 Å². The van der Waals surface area contributed by atoms with Gasteiger partial charge in [-0.25, -0.2) is 4.79 Å². The van der Waals surface area contributed by atoms with Crippen LogP contribution in [-0.2, 0) is 4.74 Å². The Morgan fingerprint density at radius 2 is 1.84 bits per heavy atom. The van der Waals surface area contributed by atoms with E-state index in [2.05, 4.69) is 4.90 Å². The fourth-order valence-corrected chi connectivity index (χ4v) is 3.11. The van der Waals surface area contributed by atoms with Crippen molar-refractivity contribution in [1.82, 2.24) is 9.80 Å². The zero-order chi connectivity index (χ0) is 18.6. The molecule has 140 valence electrons. The van der Waals surface area contributed by atoms with Crippen molar-refractivity contribution in [1.29, 1.82) is 0 Å². The Morgan fingerprint density at radius 3 is 2.36 bits per heavy atom. The van der Waals surface area contributed by atoms with E-state index in [0.29, 0.717) is 6.54 Å². The van der Waals surface area contributed by atoms with Gasteiger partial charge in [0.25, 0.3) is 0 Å². The first-order valence-corrected chi connectivity index (χ1v) is 9.08. The highest BCUT2D eigenvalue weighted by atomic mass is 16.6. The molecule has 1 aromatic carbocycles. The lowest BCUT2D eigenvalue weighted by Gasteiger charge is -2.37. The van der Waals surface area contributed by atoms with Crippen LogP contribution < -0.4 is 0 Å². The monoisotopic (exact) mass is 348 g/mol. The number of aliphatic hydroxyl groups is 1. The lowest BCUT2D eigenvalue weighted by Crippen LogP contribution is -2.47. The SMILES string of the molecule is Cc1ccc(C(O)CN2CCC(N(C)C(=O)OC(C)(C)C)CC2)cc1. The Balaban J connectivity index is 1.81. The van der Waals surface area contributed by atoms with E-state index in [0.717, 1.165) is 31.5 Å². The number of benzene rings is 1. The number of amides is 1. The van der Waals surface area contributed by atoms with E-state index in [1.807, 2.05) is 59.0 Å². The lowest BCUT2D eigenvalue weighted by atomic mass is 10.0. The van der Waals surface area contributed by atoms with Crippen LogP contribution in [0.4, 0.5) is 4.79 Å². The van der Waals surface area contributed by atoms with Crippen molar-refractivity contribution >= 4 is 6.09 Å². The van der Waals surface area contributed by atoms with E-state index >= 15 is 0 Å². The summed E-state index contributed by atoms with van der Waals surface area (Å²) in [6.07, 6.45) is 1.07. The van der Waals surface area contributed by atoms with Gasteiger partial charge in [0.1, 0.15) is 5.60 Å². The van der Waals surface area contributed by atoms with E-state index in [1.165, 1.54) is 5.56 Å². The molecule has 0 radical (unpaired) electrons. The van der Waals surface area contributed by atoms with Gasteiger partial charge in [-0.1, -0.05) is 29.8 Å². The molecule has 0 bridgehead atoms. The molecule has 1 aromatic rings. The van der Waals surface area contributed by atoms with Crippen LogP contribution in [-0.4, -0.2) is 59.3 Å². The number of hydrogen-bond acceptors (Lipinski definition) is 4. The average molecular weight is 348 g/mol. The third kappa shape index (κ3) is 6.01. The first-order chi connectivity index (χ1) is 11.7. The normalized spacial score (nSPS) is 18.0. The third-order valence-electron chi connectivity index (χ3n) is 4.68. The summed E-state index contributed by atoms with van der Waals surface area (Å²) in [4.78, 5) is 16.2. The van der Waals surface area contributed by atoms with Crippen LogP contribution in [0.15, 0.2) is 24.3 Å². The fraction of sp³-hybridized carbons (Fsp3) is 0.650. The fourth-order valence-electron chi connectivity index (χ4n) is 3.11. The van der Waals surface area contributed by atoms with Gasteiger partial charge in [-0.2, -0.15) is 0 Å². The number of likely N-dealkylation sites (tertiary alicyclic amines) is 1. The van der Waals surface area contributed by atoms with Crippen LogP contribution in [0, 0.1) is 6.92 Å². The Morgan fingerprint density at radius 1 is 1.28 bits per heavy atom. The number of carbonyl (C=O) groups excluding carboxylic acids is 1. The molecule has 1 N–H and O–H groups in total. The molecule has 0 saturated carbocycles. The van der Waals surface area contributed by atoms with Crippen molar-refractivity contribution in [2.45, 2.75) is 58.3 Å². The first kappa shape index (κ1) is 19.7. The van der Waals surface area contributed by atoms with Crippen molar-refractivity contribution in [3.05, 3.63) is 35.4 Å². The highest BCUT2D eigenvalue weighted by Gasteiger charge is 2.29. The number of aliphatic hydroxyl groups excluding tert-OH is 1. The van der Waals surface area contributed by atoms with Crippen LogP contribution >= 0.6 is 0 Å². The maximum absolute atomic E-state index is 12.2. The van der Waals surface area contributed by atoms with Crippen molar-refractivity contribution in [3.8, 4) is 0 Å². The van der Waals surface area contributed by atoms with Crippen molar-refractivity contribution < 1.29 is 14.6 Å². The van der Waals surface area contributed by atoms with Gasteiger partial charge in [0.2, 0.25) is 0 Å². The molecule has 1 aliphatic heterocycles. The smallest absolute Gasteiger partial charge is 0.410 e. The van der Waals surface area contributed by atoms with Crippen molar-refractivity contribution in [3.63, 3.8) is 0 Å². The summed E-state index contributed by atoms with van der Waals surface area (Å²) >= 11 is 0.